The molecule has 1 N–H and O–H groups in total. The van der Waals surface area contributed by atoms with Crippen molar-refractivity contribution in [3.63, 3.8) is 0 Å². The zero-order valence-corrected chi connectivity index (χ0v) is 12.3. The highest BCUT2D eigenvalue weighted by Gasteiger charge is 2.29. The van der Waals surface area contributed by atoms with Crippen LogP contribution in [0.1, 0.15) is 11.1 Å². The first-order valence-corrected chi connectivity index (χ1v) is 9.32. The maximum absolute atomic E-state index is 9.52. The molecule has 2 aromatic carbocycles. The van der Waals surface area contributed by atoms with Crippen LogP contribution in [-0.2, 0) is 6.61 Å². The molecular weight excluding hydrogens is 236 g/mol. The predicted octanol–water partition coefficient (Wildman–Crippen LogP) is 2.31. The molecule has 0 bridgehead atoms. The van der Waals surface area contributed by atoms with Crippen LogP contribution in [0.25, 0.3) is 0 Å². The maximum atomic E-state index is 9.52. The summed E-state index contributed by atoms with van der Waals surface area (Å²) in [5, 5.41) is 12.3. The van der Waals surface area contributed by atoms with Crippen LogP contribution in [0, 0.1) is 6.92 Å². The van der Waals surface area contributed by atoms with Crippen molar-refractivity contribution in [1.82, 2.24) is 0 Å². The molecule has 0 saturated carbocycles. The lowest BCUT2D eigenvalue weighted by atomic mass is 10.2. The van der Waals surface area contributed by atoms with Crippen LogP contribution in [0.5, 0.6) is 0 Å². The van der Waals surface area contributed by atoms with Crippen molar-refractivity contribution in [1.29, 1.82) is 0 Å². The standard InChI is InChI=1S/C16H20OSi/c1-13-8-4-6-10-15(13)18(2,3)16-11-7-5-9-14(16)12-17/h4-11,17H,12H2,1-3H3. The molecule has 0 aliphatic heterocycles. The van der Waals surface area contributed by atoms with Gasteiger partial charge in [0.1, 0.15) is 8.07 Å². The lowest BCUT2D eigenvalue weighted by Crippen LogP contribution is -2.55. The fourth-order valence-corrected chi connectivity index (χ4v) is 6.04. The molecule has 18 heavy (non-hydrogen) atoms. The number of aryl methyl sites for hydroxylation is 1. The molecule has 0 atom stereocenters. The molecule has 0 fully saturated rings. The third kappa shape index (κ3) is 2.26. The Morgan fingerprint density at radius 3 is 2.06 bits per heavy atom. The lowest BCUT2D eigenvalue weighted by Gasteiger charge is -2.27. The summed E-state index contributed by atoms with van der Waals surface area (Å²) >= 11 is 0. The second-order valence-corrected chi connectivity index (χ2v) is 9.58. The van der Waals surface area contributed by atoms with Crippen LogP contribution < -0.4 is 10.4 Å². The average molecular weight is 256 g/mol. The Bertz CT molecular complexity index is 546. The van der Waals surface area contributed by atoms with Crippen LogP contribution in [0.4, 0.5) is 0 Å². The Morgan fingerprint density at radius 1 is 0.889 bits per heavy atom. The third-order valence-corrected chi connectivity index (χ3v) is 7.42. The summed E-state index contributed by atoms with van der Waals surface area (Å²) < 4.78 is 0. The van der Waals surface area contributed by atoms with Gasteiger partial charge in [-0.1, -0.05) is 72.4 Å². The first-order valence-electron chi connectivity index (χ1n) is 6.32. The van der Waals surface area contributed by atoms with E-state index in [4.69, 9.17) is 0 Å². The minimum atomic E-state index is -1.73. The predicted molar refractivity (Wildman–Crippen MR) is 80.3 cm³/mol. The van der Waals surface area contributed by atoms with E-state index < -0.39 is 8.07 Å². The van der Waals surface area contributed by atoms with Crippen molar-refractivity contribution in [2.45, 2.75) is 26.6 Å². The van der Waals surface area contributed by atoms with E-state index in [0.717, 1.165) is 5.56 Å². The van der Waals surface area contributed by atoms with Crippen molar-refractivity contribution >= 4 is 18.4 Å². The van der Waals surface area contributed by atoms with E-state index in [1.807, 2.05) is 12.1 Å². The highest BCUT2D eigenvalue weighted by molar-refractivity contribution is 7.00. The number of rotatable bonds is 3. The molecule has 1 nitrogen and oxygen atoms in total. The van der Waals surface area contributed by atoms with Gasteiger partial charge in [-0.3, -0.25) is 0 Å². The van der Waals surface area contributed by atoms with Gasteiger partial charge in [0.15, 0.2) is 0 Å². The number of hydrogen-bond donors (Lipinski definition) is 1. The summed E-state index contributed by atoms with van der Waals surface area (Å²) in [6, 6.07) is 16.9. The summed E-state index contributed by atoms with van der Waals surface area (Å²) in [5.41, 5.74) is 2.42. The van der Waals surface area contributed by atoms with E-state index in [2.05, 4.69) is 56.4 Å². The van der Waals surface area contributed by atoms with Crippen molar-refractivity contribution in [3.05, 3.63) is 59.7 Å². The first-order chi connectivity index (χ1) is 8.57. The highest BCUT2D eigenvalue weighted by atomic mass is 28.3. The van der Waals surface area contributed by atoms with Crippen LogP contribution in [0.15, 0.2) is 48.5 Å². The molecule has 0 aliphatic rings. The third-order valence-electron chi connectivity index (χ3n) is 3.68. The number of hydrogen-bond acceptors (Lipinski definition) is 1. The Kier molecular flexibility index (Phi) is 3.69. The SMILES string of the molecule is Cc1ccccc1[Si](C)(C)c1ccccc1CO. The van der Waals surface area contributed by atoms with Gasteiger partial charge in [0.05, 0.1) is 6.61 Å². The van der Waals surface area contributed by atoms with Crippen LogP contribution in [0.3, 0.4) is 0 Å². The maximum Gasteiger partial charge on any atom is 0.113 e. The van der Waals surface area contributed by atoms with Gasteiger partial charge in [-0.25, -0.2) is 0 Å². The molecule has 0 unspecified atom stereocenters. The Balaban J connectivity index is 2.58. The molecule has 2 heteroatoms. The van der Waals surface area contributed by atoms with Gasteiger partial charge in [-0.2, -0.15) is 0 Å². The summed E-state index contributed by atoms with van der Waals surface area (Å²) in [5.74, 6) is 0. The molecular formula is C16H20OSi. The van der Waals surface area contributed by atoms with Crippen molar-refractivity contribution < 1.29 is 5.11 Å². The molecule has 94 valence electrons. The van der Waals surface area contributed by atoms with Gasteiger partial charge in [0.25, 0.3) is 0 Å². The molecule has 2 rings (SSSR count). The largest absolute Gasteiger partial charge is 0.392 e. The Labute approximate surface area is 110 Å². The van der Waals surface area contributed by atoms with E-state index >= 15 is 0 Å². The molecule has 0 saturated heterocycles. The monoisotopic (exact) mass is 256 g/mol. The van der Waals surface area contributed by atoms with E-state index in [0.29, 0.717) is 0 Å². The molecule has 2 aromatic rings. The average Bonchev–Trinajstić information content (AvgIpc) is 2.39. The number of benzene rings is 2. The van der Waals surface area contributed by atoms with Crippen LogP contribution in [0.2, 0.25) is 13.1 Å². The topological polar surface area (TPSA) is 20.2 Å². The zero-order chi connectivity index (χ0) is 13.2. The van der Waals surface area contributed by atoms with Crippen molar-refractivity contribution in [3.8, 4) is 0 Å². The fourth-order valence-electron chi connectivity index (χ4n) is 2.69. The lowest BCUT2D eigenvalue weighted by molar-refractivity contribution is 0.283. The van der Waals surface area contributed by atoms with E-state index in [-0.39, 0.29) is 6.61 Å². The van der Waals surface area contributed by atoms with Crippen molar-refractivity contribution in [2.24, 2.45) is 0 Å². The molecule has 0 aliphatic carbocycles. The second-order valence-electron chi connectivity index (χ2n) is 5.26. The summed E-state index contributed by atoms with van der Waals surface area (Å²) in [4.78, 5) is 0. The normalized spacial score (nSPS) is 11.6. The molecule has 0 amide bonds. The van der Waals surface area contributed by atoms with E-state index in [9.17, 15) is 5.11 Å². The van der Waals surface area contributed by atoms with Gasteiger partial charge in [0, 0.05) is 0 Å². The number of aliphatic hydroxyl groups excluding tert-OH is 1. The molecule has 0 spiro atoms. The highest BCUT2D eigenvalue weighted by Crippen LogP contribution is 2.11. The minimum Gasteiger partial charge on any atom is -0.392 e. The molecule has 0 heterocycles. The molecule has 0 aromatic heterocycles. The first kappa shape index (κ1) is 13.1. The smallest absolute Gasteiger partial charge is 0.113 e. The number of aliphatic hydroxyl groups is 1. The van der Waals surface area contributed by atoms with Crippen LogP contribution in [-0.4, -0.2) is 13.2 Å². The minimum absolute atomic E-state index is 0.123. The Morgan fingerprint density at radius 2 is 1.44 bits per heavy atom. The van der Waals surface area contributed by atoms with Gasteiger partial charge < -0.3 is 5.11 Å². The van der Waals surface area contributed by atoms with Crippen LogP contribution >= 0.6 is 0 Å². The quantitative estimate of drug-likeness (QED) is 0.836. The van der Waals surface area contributed by atoms with E-state index in [1.54, 1.807) is 0 Å². The van der Waals surface area contributed by atoms with Gasteiger partial charge >= 0.3 is 0 Å². The Hall–Kier alpha value is -1.38. The second kappa shape index (κ2) is 5.08. The van der Waals surface area contributed by atoms with E-state index in [1.165, 1.54) is 15.9 Å². The summed E-state index contributed by atoms with van der Waals surface area (Å²) in [7, 11) is -1.73. The fraction of sp³-hybridized carbons (Fsp3) is 0.250. The van der Waals surface area contributed by atoms with Crippen molar-refractivity contribution in [2.75, 3.05) is 0 Å². The van der Waals surface area contributed by atoms with Gasteiger partial charge in [0.2, 0.25) is 0 Å². The summed E-state index contributed by atoms with van der Waals surface area (Å²) in [6.45, 7) is 7.00. The summed E-state index contributed by atoms with van der Waals surface area (Å²) in [6.07, 6.45) is 0. The van der Waals surface area contributed by atoms with Gasteiger partial charge in [-0.05, 0) is 17.7 Å². The molecule has 0 radical (unpaired) electrons. The van der Waals surface area contributed by atoms with Gasteiger partial charge in [-0.15, -0.1) is 0 Å². The zero-order valence-electron chi connectivity index (χ0n) is 11.3.